The van der Waals surface area contributed by atoms with E-state index in [1.807, 2.05) is 6.26 Å². The van der Waals surface area contributed by atoms with Gasteiger partial charge in [-0.05, 0) is 137 Å². The van der Waals surface area contributed by atoms with Crippen molar-refractivity contribution in [2.24, 2.45) is 10.8 Å². The van der Waals surface area contributed by atoms with Gasteiger partial charge in [-0.1, -0.05) is 119 Å². The van der Waals surface area contributed by atoms with Crippen molar-refractivity contribution in [3.63, 3.8) is 0 Å². The van der Waals surface area contributed by atoms with Crippen LogP contribution in [0.25, 0.3) is 11.0 Å². The van der Waals surface area contributed by atoms with Crippen molar-refractivity contribution < 1.29 is 4.42 Å². The number of anilines is 4. The minimum atomic E-state index is -0.0232. The number of allylic oxidation sites excluding steroid dienone is 4. The lowest BCUT2D eigenvalue weighted by molar-refractivity contribution is 0.153. The van der Waals surface area contributed by atoms with Crippen molar-refractivity contribution in [1.29, 1.82) is 0 Å². The third kappa shape index (κ3) is 6.05. The molecule has 3 aliphatic carbocycles. The lowest BCUT2D eigenvalue weighted by Crippen LogP contribution is -2.54. The van der Waals surface area contributed by atoms with E-state index in [0.717, 1.165) is 23.4 Å². The summed E-state index contributed by atoms with van der Waals surface area (Å²) < 4.78 is 6.59. The van der Waals surface area contributed by atoms with Crippen molar-refractivity contribution in [3.8, 4) is 0 Å². The van der Waals surface area contributed by atoms with E-state index in [4.69, 9.17) is 4.42 Å². The minimum absolute atomic E-state index is 0.0232. The summed E-state index contributed by atoms with van der Waals surface area (Å²) in [5, 5.41) is 1.18. The van der Waals surface area contributed by atoms with Gasteiger partial charge in [-0.3, -0.25) is 0 Å². The van der Waals surface area contributed by atoms with Gasteiger partial charge in [0.05, 0.1) is 11.2 Å². The van der Waals surface area contributed by atoms with E-state index in [2.05, 4.69) is 173 Å². The summed E-state index contributed by atoms with van der Waals surface area (Å²) in [6.07, 6.45) is 17.7. The van der Waals surface area contributed by atoms with Gasteiger partial charge in [0.1, 0.15) is 11.8 Å². The predicted octanol–water partition coefficient (Wildman–Crippen LogP) is 15.2. The molecule has 0 amide bonds. The monoisotopic (exact) mass is 735 g/mol. The van der Waals surface area contributed by atoms with Crippen molar-refractivity contribution in [1.82, 2.24) is 0 Å². The molecule has 0 bridgehead atoms. The maximum absolute atomic E-state index is 6.59. The molecule has 0 saturated heterocycles. The minimum Gasteiger partial charge on any atom is -0.462 e. The number of nitrogens with zero attached hydrogens (tertiary/aromatic N) is 2. The summed E-state index contributed by atoms with van der Waals surface area (Å²) in [5.74, 6) is 0. The summed E-state index contributed by atoms with van der Waals surface area (Å²) in [5.41, 5.74) is 16.0. The molecule has 1 aliphatic heterocycles. The van der Waals surface area contributed by atoms with Crippen molar-refractivity contribution >= 4 is 33.7 Å². The van der Waals surface area contributed by atoms with Crippen LogP contribution in [-0.4, -0.2) is 5.54 Å². The van der Waals surface area contributed by atoms with Gasteiger partial charge in [-0.15, -0.1) is 0 Å². The number of benzene rings is 3. The molecule has 0 N–H and O–H groups in total. The maximum Gasteiger partial charge on any atom is 0.136 e. The van der Waals surface area contributed by atoms with E-state index in [1.54, 1.807) is 5.57 Å². The highest BCUT2D eigenvalue weighted by Crippen LogP contribution is 2.62. The normalized spacial score (nSPS) is 24.7. The highest BCUT2D eigenvalue weighted by atomic mass is 16.3. The number of hydrogen-bond donors (Lipinski definition) is 0. The molecule has 2 heterocycles. The Balaban J connectivity index is 1.35. The summed E-state index contributed by atoms with van der Waals surface area (Å²) in [4.78, 5) is 5.26. The number of fused-ring (bicyclic) bond motifs is 4. The lowest BCUT2D eigenvalue weighted by Gasteiger charge is -2.52. The standard InChI is InChI=1S/C52H66N2O/c1-34-27-38(30-39(28-34)54-44-18-16-17-36(48(5,6)7)29-43(44)51(12)23-14-15-24-52(51,54)13)53(37-21-19-35(20-22-37)47(2,3)4)45-33-55-46-32-42-41(31-40(45)46)49(8,9)25-26-50(42,10)11/h16-17,19-22,27-33H,14-15,18,23-26H2,1-13H3. The van der Waals surface area contributed by atoms with Crippen molar-refractivity contribution in [3.05, 3.63) is 118 Å². The molecule has 2 atom stereocenters. The smallest absolute Gasteiger partial charge is 0.136 e. The van der Waals surface area contributed by atoms with Crippen LogP contribution in [0.1, 0.15) is 150 Å². The first-order valence-electron chi connectivity index (χ1n) is 21.2. The van der Waals surface area contributed by atoms with E-state index < -0.39 is 0 Å². The molecule has 0 spiro atoms. The van der Waals surface area contributed by atoms with Crippen LogP contribution in [0.3, 0.4) is 0 Å². The molecule has 1 aromatic heterocycles. The van der Waals surface area contributed by atoms with Crippen molar-refractivity contribution in [2.75, 3.05) is 9.80 Å². The molecule has 55 heavy (non-hydrogen) atoms. The third-order valence-corrected chi connectivity index (χ3v) is 14.5. The zero-order chi connectivity index (χ0) is 39.5. The Kier molecular flexibility index (Phi) is 8.63. The first-order valence-corrected chi connectivity index (χ1v) is 21.2. The maximum atomic E-state index is 6.59. The molecular formula is C52H66N2O. The van der Waals surface area contributed by atoms with Crippen LogP contribution in [0.2, 0.25) is 0 Å². The van der Waals surface area contributed by atoms with E-state index in [0.29, 0.717) is 0 Å². The van der Waals surface area contributed by atoms with Crippen molar-refractivity contribution in [2.45, 2.75) is 157 Å². The van der Waals surface area contributed by atoms with Crippen LogP contribution in [0.4, 0.5) is 22.7 Å². The van der Waals surface area contributed by atoms with Gasteiger partial charge < -0.3 is 14.2 Å². The van der Waals surface area contributed by atoms with Gasteiger partial charge in [0, 0.05) is 40.0 Å². The second-order valence-corrected chi connectivity index (χ2v) is 21.4. The van der Waals surface area contributed by atoms with Gasteiger partial charge >= 0.3 is 0 Å². The first-order chi connectivity index (χ1) is 25.6. The van der Waals surface area contributed by atoms with E-state index in [-0.39, 0.29) is 32.6 Å². The lowest BCUT2D eigenvalue weighted by atomic mass is 9.60. The van der Waals surface area contributed by atoms with Gasteiger partial charge in [-0.2, -0.15) is 0 Å². The molecule has 4 aromatic rings. The molecule has 3 nitrogen and oxygen atoms in total. The number of rotatable bonds is 4. The second-order valence-electron chi connectivity index (χ2n) is 21.4. The van der Waals surface area contributed by atoms with Crippen LogP contribution in [0.15, 0.2) is 100 Å². The molecule has 3 heteroatoms. The first kappa shape index (κ1) is 37.9. The van der Waals surface area contributed by atoms with Gasteiger partial charge in [0.2, 0.25) is 0 Å². The number of aryl methyl sites for hydroxylation is 1. The number of furan rings is 1. The fourth-order valence-corrected chi connectivity index (χ4v) is 10.7. The Morgan fingerprint density at radius 2 is 1.36 bits per heavy atom. The van der Waals surface area contributed by atoms with Crippen LogP contribution in [0, 0.1) is 17.8 Å². The Labute approximate surface area is 332 Å². The molecule has 8 rings (SSSR count). The fourth-order valence-electron chi connectivity index (χ4n) is 10.7. The van der Waals surface area contributed by atoms with Crippen LogP contribution in [0.5, 0.6) is 0 Å². The highest BCUT2D eigenvalue weighted by Gasteiger charge is 2.58. The van der Waals surface area contributed by atoms with E-state index in [1.165, 1.54) is 88.8 Å². The number of hydrogen-bond acceptors (Lipinski definition) is 3. The van der Waals surface area contributed by atoms with E-state index >= 15 is 0 Å². The molecular weight excluding hydrogens is 669 g/mol. The summed E-state index contributed by atoms with van der Waals surface area (Å²) in [7, 11) is 0. The van der Waals surface area contributed by atoms with Crippen LogP contribution in [-0.2, 0) is 16.2 Å². The second kappa shape index (κ2) is 12.5. The SMILES string of the molecule is Cc1cc(N(c2ccc(C(C)(C)C)cc2)c2coc3cc4c(cc23)C(C)(C)CCC4(C)C)cc(N2C3=C(C=C(C(C)(C)C)C=CC3)C3(C)CCCCC23C)c1. The summed E-state index contributed by atoms with van der Waals surface area (Å²) >= 11 is 0. The zero-order valence-corrected chi connectivity index (χ0v) is 36.3. The molecule has 1 saturated carbocycles. The van der Waals surface area contributed by atoms with Crippen LogP contribution < -0.4 is 9.80 Å². The average molecular weight is 735 g/mol. The average Bonchev–Trinajstić information content (AvgIpc) is 3.47. The largest absolute Gasteiger partial charge is 0.462 e. The highest BCUT2D eigenvalue weighted by molar-refractivity contribution is 5.98. The topological polar surface area (TPSA) is 19.6 Å². The Morgan fingerprint density at radius 1 is 0.709 bits per heavy atom. The Hall–Kier alpha value is -3.98. The summed E-state index contributed by atoms with van der Waals surface area (Å²) in [6.45, 7) is 31.0. The van der Waals surface area contributed by atoms with Gasteiger partial charge in [0.15, 0.2) is 0 Å². The molecule has 0 radical (unpaired) electrons. The quantitative estimate of drug-likeness (QED) is 0.208. The van der Waals surface area contributed by atoms with E-state index in [9.17, 15) is 0 Å². The molecule has 2 unspecified atom stereocenters. The summed E-state index contributed by atoms with van der Waals surface area (Å²) in [6, 6.07) is 21.4. The van der Waals surface area contributed by atoms with Gasteiger partial charge in [-0.25, -0.2) is 0 Å². The van der Waals surface area contributed by atoms with Crippen LogP contribution >= 0.6 is 0 Å². The fraction of sp³-hybridized carbons (Fsp3) is 0.500. The third-order valence-electron chi connectivity index (χ3n) is 14.5. The zero-order valence-electron chi connectivity index (χ0n) is 36.3. The molecule has 3 aromatic carbocycles. The molecule has 1 fully saturated rings. The predicted molar refractivity (Wildman–Crippen MR) is 235 cm³/mol. The molecule has 4 aliphatic rings. The Bertz CT molecular complexity index is 2260. The molecule has 290 valence electrons. The van der Waals surface area contributed by atoms with Gasteiger partial charge in [0.25, 0.3) is 0 Å². The Morgan fingerprint density at radius 3 is 2.02 bits per heavy atom.